The SMILES string of the molecule is Cc1ccc(N2C(=O)[C@H]3[C@@H](c4cccc5ccccc45)N(c4ccccc4)O[C@H]3C2=O)cc1Cl. The van der Waals surface area contributed by atoms with E-state index in [1.165, 1.54) is 4.90 Å². The number of nitrogens with zero attached hydrogens (tertiary/aromatic N) is 2. The summed E-state index contributed by atoms with van der Waals surface area (Å²) in [6.07, 6.45) is -0.920. The van der Waals surface area contributed by atoms with Crippen LogP contribution in [0.1, 0.15) is 17.2 Å². The third-order valence-electron chi connectivity index (χ3n) is 6.68. The quantitative estimate of drug-likeness (QED) is 0.354. The van der Waals surface area contributed by atoms with E-state index in [0.29, 0.717) is 10.7 Å². The minimum Gasteiger partial charge on any atom is -0.273 e. The Hall–Kier alpha value is -3.67. The van der Waals surface area contributed by atoms with Gasteiger partial charge in [0.15, 0.2) is 6.10 Å². The van der Waals surface area contributed by atoms with Crippen molar-refractivity contribution in [3.63, 3.8) is 0 Å². The van der Waals surface area contributed by atoms with Crippen molar-refractivity contribution in [1.82, 2.24) is 0 Å². The fraction of sp³-hybridized carbons (Fsp3) is 0.143. The maximum absolute atomic E-state index is 13.8. The van der Waals surface area contributed by atoms with Gasteiger partial charge in [-0.3, -0.25) is 14.4 Å². The van der Waals surface area contributed by atoms with Crippen LogP contribution in [0.4, 0.5) is 11.4 Å². The van der Waals surface area contributed by atoms with Crippen LogP contribution >= 0.6 is 11.6 Å². The van der Waals surface area contributed by atoms with Crippen molar-refractivity contribution in [2.75, 3.05) is 9.96 Å². The minimum atomic E-state index is -0.920. The van der Waals surface area contributed by atoms with Crippen LogP contribution in [0.3, 0.4) is 0 Å². The molecule has 2 fully saturated rings. The number of imide groups is 1. The lowest BCUT2D eigenvalue weighted by molar-refractivity contribution is -0.126. The molecule has 0 aliphatic carbocycles. The number of carbonyl (C=O) groups excluding carboxylic acids is 2. The molecule has 4 aromatic carbocycles. The highest BCUT2D eigenvalue weighted by Crippen LogP contribution is 2.49. The Balaban J connectivity index is 1.50. The van der Waals surface area contributed by atoms with E-state index in [0.717, 1.165) is 27.6 Å². The summed E-state index contributed by atoms with van der Waals surface area (Å²) < 4.78 is 0. The molecule has 5 nitrogen and oxygen atoms in total. The topological polar surface area (TPSA) is 49.9 Å². The maximum Gasteiger partial charge on any atom is 0.266 e. The first-order valence-electron chi connectivity index (χ1n) is 11.2. The Morgan fingerprint density at radius 2 is 1.53 bits per heavy atom. The zero-order valence-electron chi connectivity index (χ0n) is 18.4. The van der Waals surface area contributed by atoms with E-state index in [4.69, 9.17) is 16.4 Å². The molecular formula is C28H21ClN2O3. The van der Waals surface area contributed by atoms with Crippen LogP contribution < -0.4 is 9.96 Å². The van der Waals surface area contributed by atoms with E-state index >= 15 is 0 Å². The normalized spacial score (nSPS) is 22.0. The first-order chi connectivity index (χ1) is 16.5. The second-order valence-corrected chi connectivity index (χ2v) is 9.08. The monoisotopic (exact) mass is 468 g/mol. The van der Waals surface area contributed by atoms with Crippen molar-refractivity contribution < 1.29 is 14.4 Å². The Bertz CT molecular complexity index is 1430. The van der Waals surface area contributed by atoms with Crippen molar-refractivity contribution in [2.45, 2.75) is 19.1 Å². The standard InChI is InChI=1S/C28H21ClN2O3/c1-17-14-15-20(16-23(17)29)30-27(32)24-25(22-13-7-9-18-8-5-6-12-21(18)22)31(34-26(24)28(30)33)19-10-3-2-4-11-19/h2-16,24-26H,1H3/t24-,25+,26+/m0/s1. The van der Waals surface area contributed by atoms with Crippen molar-refractivity contribution in [1.29, 1.82) is 0 Å². The molecule has 6 rings (SSSR count). The predicted octanol–water partition coefficient (Wildman–Crippen LogP) is 5.85. The number of rotatable bonds is 3. The molecule has 0 saturated carbocycles. The zero-order chi connectivity index (χ0) is 23.4. The molecular weight excluding hydrogens is 448 g/mol. The molecule has 2 heterocycles. The molecule has 0 radical (unpaired) electrons. The van der Waals surface area contributed by atoms with E-state index in [1.54, 1.807) is 17.2 Å². The van der Waals surface area contributed by atoms with Gasteiger partial charge < -0.3 is 0 Å². The van der Waals surface area contributed by atoms with Crippen LogP contribution in [0.2, 0.25) is 5.02 Å². The van der Waals surface area contributed by atoms with Gasteiger partial charge in [0, 0.05) is 5.02 Å². The zero-order valence-corrected chi connectivity index (χ0v) is 19.1. The number of para-hydroxylation sites is 1. The number of amides is 2. The Morgan fingerprint density at radius 1 is 0.794 bits per heavy atom. The van der Waals surface area contributed by atoms with Crippen LogP contribution in [0.5, 0.6) is 0 Å². The van der Waals surface area contributed by atoms with Crippen LogP contribution in [0.25, 0.3) is 10.8 Å². The first-order valence-corrected chi connectivity index (χ1v) is 11.5. The molecule has 0 bridgehead atoms. The number of halogens is 1. The van der Waals surface area contributed by atoms with Gasteiger partial charge in [-0.25, -0.2) is 9.96 Å². The summed E-state index contributed by atoms with van der Waals surface area (Å²) in [5, 5.41) is 4.33. The van der Waals surface area contributed by atoms with Gasteiger partial charge in [-0.2, -0.15) is 0 Å². The van der Waals surface area contributed by atoms with E-state index in [-0.39, 0.29) is 11.8 Å². The van der Waals surface area contributed by atoms with Crippen LogP contribution in [-0.2, 0) is 14.4 Å². The van der Waals surface area contributed by atoms with Gasteiger partial charge in [-0.15, -0.1) is 0 Å². The second kappa shape index (κ2) is 7.97. The highest BCUT2D eigenvalue weighted by atomic mass is 35.5. The molecule has 4 aromatic rings. The summed E-state index contributed by atoms with van der Waals surface area (Å²) in [4.78, 5) is 34.9. The van der Waals surface area contributed by atoms with Crippen molar-refractivity contribution in [3.05, 3.63) is 107 Å². The maximum atomic E-state index is 13.8. The fourth-order valence-corrected chi connectivity index (χ4v) is 5.19. The van der Waals surface area contributed by atoms with Gasteiger partial charge in [-0.05, 0) is 53.1 Å². The summed E-state index contributed by atoms with van der Waals surface area (Å²) >= 11 is 6.31. The highest BCUT2D eigenvalue weighted by molar-refractivity contribution is 6.32. The number of hydrogen-bond donors (Lipinski definition) is 0. The number of fused-ring (bicyclic) bond motifs is 2. The molecule has 6 heteroatoms. The van der Waals surface area contributed by atoms with Crippen LogP contribution in [0, 0.1) is 12.8 Å². The van der Waals surface area contributed by atoms with E-state index < -0.39 is 18.1 Å². The lowest BCUT2D eigenvalue weighted by Gasteiger charge is -2.29. The third kappa shape index (κ3) is 3.12. The van der Waals surface area contributed by atoms with Gasteiger partial charge >= 0.3 is 0 Å². The fourth-order valence-electron chi connectivity index (χ4n) is 5.01. The second-order valence-electron chi connectivity index (χ2n) is 8.67. The molecule has 34 heavy (non-hydrogen) atoms. The highest BCUT2D eigenvalue weighted by Gasteiger charge is 2.60. The number of benzene rings is 4. The molecule has 2 saturated heterocycles. The molecule has 0 unspecified atom stereocenters. The number of carbonyl (C=O) groups is 2. The summed E-state index contributed by atoms with van der Waals surface area (Å²) in [6, 6.07) is 28.4. The van der Waals surface area contributed by atoms with Gasteiger partial charge in [0.1, 0.15) is 5.92 Å². The van der Waals surface area contributed by atoms with Crippen molar-refractivity contribution in [2.24, 2.45) is 5.92 Å². The molecule has 168 valence electrons. The predicted molar refractivity (Wildman–Crippen MR) is 133 cm³/mol. The number of hydrogen-bond acceptors (Lipinski definition) is 4. The Kier molecular flexibility index (Phi) is 4.90. The minimum absolute atomic E-state index is 0.286. The van der Waals surface area contributed by atoms with Crippen LogP contribution in [0.15, 0.2) is 91.0 Å². The van der Waals surface area contributed by atoms with Gasteiger partial charge in [0.25, 0.3) is 5.91 Å². The van der Waals surface area contributed by atoms with Crippen molar-refractivity contribution >= 4 is 45.6 Å². The molecule has 0 spiro atoms. The smallest absolute Gasteiger partial charge is 0.266 e. The summed E-state index contributed by atoms with van der Waals surface area (Å²) in [5.74, 6) is -1.36. The Morgan fingerprint density at radius 3 is 2.32 bits per heavy atom. The largest absolute Gasteiger partial charge is 0.273 e. The lowest BCUT2D eigenvalue weighted by Crippen LogP contribution is -2.37. The average molecular weight is 469 g/mol. The van der Waals surface area contributed by atoms with Gasteiger partial charge in [-0.1, -0.05) is 78.3 Å². The molecule has 2 aliphatic rings. The summed E-state index contributed by atoms with van der Waals surface area (Å²) in [7, 11) is 0. The van der Waals surface area contributed by atoms with Crippen molar-refractivity contribution in [3.8, 4) is 0 Å². The average Bonchev–Trinajstić information content (AvgIpc) is 3.37. The van der Waals surface area contributed by atoms with Gasteiger partial charge in [0.05, 0.1) is 17.4 Å². The van der Waals surface area contributed by atoms with E-state index in [9.17, 15) is 9.59 Å². The third-order valence-corrected chi connectivity index (χ3v) is 7.09. The van der Waals surface area contributed by atoms with Gasteiger partial charge in [0.2, 0.25) is 5.91 Å². The van der Waals surface area contributed by atoms with E-state index in [2.05, 4.69) is 0 Å². The Labute approximate surface area is 202 Å². The first kappa shape index (κ1) is 20.9. The molecule has 0 N–H and O–H groups in total. The molecule has 2 aliphatic heterocycles. The van der Waals surface area contributed by atoms with E-state index in [1.807, 2.05) is 85.8 Å². The number of anilines is 2. The van der Waals surface area contributed by atoms with Crippen LogP contribution in [-0.4, -0.2) is 17.9 Å². The molecule has 0 aromatic heterocycles. The molecule has 3 atom stereocenters. The lowest BCUT2D eigenvalue weighted by atomic mass is 9.87. The number of hydroxylamine groups is 1. The molecule has 2 amide bonds. The summed E-state index contributed by atoms with van der Waals surface area (Å²) in [5.41, 5.74) is 3.08. The summed E-state index contributed by atoms with van der Waals surface area (Å²) in [6.45, 7) is 1.88. The number of aryl methyl sites for hydroxylation is 1.